The molecule has 5 heteroatoms. The highest BCUT2D eigenvalue weighted by atomic mass is 16.6. The number of non-ortho nitro benzene ring substituents is 1. The Morgan fingerprint density at radius 2 is 2.25 bits per heavy atom. The van der Waals surface area contributed by atoms with Gasteiger partial charge in [0, 0.05) is 24.2 Å². The minimum atomic E-state index is -0.330. The van der Waals surface area contributed by atoms with Crippen molar-refractivity contribution >= 4 is 5.69 Å². The Balaban J connectivity index is 2.38. The number of nitro benzene ring substituents is 1. The lowest BCUT2D eigenvalue weighted by molar-refractivity contribution is -0.385. The highest BCUT2D eigenvalue weighted by molar-refractivity contribution is 5.36. The molecule has 1 aliphatic rings. The molecular formula is C15H23N3O2. The third-order valence-electron chi connectivity index (χ3n) is 4.18. The van der Waals surface area contributed by atoms with E-state index >= 15 is 0 Å². The average Bonchev–Trinajstić information content (AvgIpc) is 2.46. The second-order valence-electron chi connectivity index (χ2n) is 5.77. The fraction of sp³-hybridized carbons (Fsp3) is 0.600. The molecule has 2 rings (SSSR count). The molecule has 0 bridgehead atoms. The van der Waals surface area contributed by atoms with E-state index in [-0.39, 0.29) is 16.7 Å². The van der Waals surface area contributed by atoms with Crippen molar-refractivity contribution in [3.8, 4) is 0 Å². The van der Waals surface area contributed by atoms with Crippen molar-refractivity contribution in [2.24, 2.45) is 11.7 Å². The minimum Gasteiger partial charge on any atom is -0.330 e. The van der Waals surface area contributed by atoms with Gasteiger partial charge in [0.1, 0.15) is 0 Å². The van der Waals surface area contributed by atoms with Gasteiger partial charge in [-0.1, -0.05) is 12.1 Å². The Kier molecular flexibility index (Phi) is 4.73. The third kappa shape index (κ3) is 2.99. The van der Waals surface area contributed by atoms with E-state index in [1.807, 2.05) is 6.07 Å². The summed E-state index contributed by atoms with van der Waals surface area (Å²) in [5, 5.41) is 11.0. The van der Waals surface area contributed by atoms with Crippen LogP contribution in [0.4, 0.5) is 5.69 Å². The minimum absolute atomic E-state index is 0.160. The van der Waals surface area contributed by atoms with E-state index in [2.05, 4.69) is 18.7 Å². The molecule has 1 saturated heterocycles. The van der Waals surface area contributed by atoms with E-state index in [4.69, 9.17) is 5.73 Å². The summed E-state index contributed by atoms with van der Waals surface area (Å²) in [5.41, 5.74) is 7.11. The van der Waals surface area contributed by atoms with E-state index in [0.29, 0.717) is 18.5 Å². The van der Waals surface area contributed by atoms with E-state index in [1.165, 1.54) is 0 Å². The fourth-order valence-corrected chi connectivity index (χ4v) is 3.22. The highest BCUT2D eigenvalue weighted by Gasteiger charge is 2.33. The van der Waals surface area contributed by atoms with Gasteiger partial charge in [0.2, 0.25) is 0 Å². The lowest BCUT2D eigenvalue weighted by atomic mass is 9.83. The number of nitrogens with zero attached hydrogens (tertiary/aromatic N) is 2. The number of nitro groups is 1. The first-order valence-corrected chi connectivity index (χ1v) is 7.24. The number of rotatable bonds is 4. The molecular weight excluding hydrogens is 254 g/mol. The molecule has 1 fully saturated rings. The number of piperidine rings is 1. The van der Waals surface area contributed by atoms with Crippen molar-refractivity contribution in [3.05, 3.63) is 39.9 Å². The van der Waals surface area contributed by atoms with Crippen molar-refractivity contribution in [3.63, 3.8) is 0 Å². The molecule has 2 atom stereocenters. The Hall–Kier alpha value is -1.46. The van der Waals surface area contributed by atoms with Crippen LogP contribution in [0.25, 0.3) is 0 Å². The van der Waals surface area contributed by atoms with Gasteiger partial charge in [0.25, 0.3) is 5.69 Å². The van der Waals surface area contributed by atoms with Crippen molar-refractivity contribution in [1.29, 1.82) is 0 Å². The molecule has 0 saturated carbocycles. The summed E-state index contributed by atoms with van der Waals surface area (Å²) in [7, 11) is 0. The molecule has 0 spiro atoms. The summed E-state index contributed by atoms with van der Waals surface area (Å²) in [6.07, 6.45) is 2.23. The summed E-state index contributed by atoms with van der Waals surface area (Å²) in [5.74, 6) is 0.369. The van der Waals surface area contributed by atoms with Crippen LogP contribution in [0.3, 0.4) is 0 Å². The van der Waals surface area contributed by atoms with Crippen LogP contribution in [0, 0.1) is 16.0 Å². The standard InChI is InChI=1S/C15H23N3O2/c1-11(2)17-8-4-6-13(10-16)15(17)12-5-3-7-14(9-12)18(19)20/h3,5,7,9,11,13,15H,4,6,8,10,16H2,1-2H3. The lowest BCUT2D eigenvalue weighted by Gasteiger charge is -2.43. The molecule has 1 aliphatic heterocycles. The molecule has 5 nitrogen and oxygen atoms in total. The molecule has 0 aromatic heterocycles. The topological polar surface area (TPSA) is 72.4 Å². The summed E-state index contributed by atoms with van der Waals surface area (Å²) < 4.78 is 0. The zero-order valence-electron chi connectivity index (χ0n) is 12.2. The Labute approximate surface area is 119 Å². The average molecular weight is 277 g/mol. The van der Waals surface area contributed by atoms with Crippen LogP contribution < -0.4 is 5.73 Å². The van der Waals surface area contributed by atoms with Crippen molar-refractivity contribution in [2.45, 2.75) is 38.8 Å². The number of benzene rings is 1. The largest absolute Gasteiger partial charge is 0.330 e. The summed E-state index contributed by atoms with van der Waals surface area (Å²) >= 11 is 0. The maximum absolute atomic E-state index is 11.0. The van der Waals surface area contributed by atoms with Gasteiger partial charge in [-0.2, -0.15) is 0 Å². The lowest BCUT2D eigenvalue weighted by Crippen LogP contribution is -2.44. The molecule has 110 valence electrons. The maximum atomic E-state index is 11.0. The molecule has 20 heavy (non-hydrogen) atoms. The van der Waals surface area contributed by atoms with Gasteiger partial charge in [0.15, 0.2) is 0 Å². The highest BCUT2D eigenvalue weighted by Crippen LogP contribution is 2.37. The van der Waals surface area contributed by atoms with Gasteiger partial charge in [-0.3, -0.25) is 15.0 Å². The summed E-state index contributed by atoms with van der Waals surface area (Å²) in [6.45, 7) is 5.99. The van der Waals surface area contributed by atoms with Crippen LogP contribution in [-0.4, -0.2) is 29.0 Å². The second kappa shape index (κ2) is 6.33. The van der Waals surface area contributed by atoms with E-state index < -0.39 is 0 Å². The molecule has 0 radical (unpaired) electrons. The molecule has 1 heterocycles. The van der Waals surface area contributed by atoms with E-state index in [1.54, 1.807) is 18.2 Å². The van der Waals surface area contributed by atoms with Crippen LogP contribution >= 0.6 is 0 Å². The van der Waals surface area contributed by atoms with Gasteiger partial charge < -0.3 is 5.73 Å². The first-order chi connectivity index (χ1) is 9.54. The van der Waals surface area contributed by atoms with Gasteiger partial charge >= 0.3 is 0 Å². The Bertz CT molecular complexity index is 476. The van der Waals surface area contributed by atoms with Crippen LogP contribution in [0.2, 0.25) is 0 Å². The van der Waals surface area contributed by atoms with Crippen molar-refractivity contribution < 1.29 is 4.92 Å². The summed E-state index contributed by atoms with van der Waals surface area (Å²) in [6, 6.07) is 7.61. The molecule has 0 aliphatic carbocycles. The van der Waals surface area contributed by atoms with Crippen LogP contribution in [0.15, 0.2) is 24.3 Å². The molecule has 1 aromatic carbocycles. The van der Waals surface area contributed by atoms with Gasteiger partial charge in [-0.05, 0) is 51.3 Å². The fourth-order valence-electron chi connectivity index (χ4n) is 3.22. The van der Waals surface area contributed by atoms with Crippen LogP contribution in [0.1, 0.15) is 38.3 Å². The second-order valence-corrected chi connectivity index (χ2v) is 5.77. The quantitative estimate of drug-likeness (QED) is 0.678. The monoisotopic (exact) mass is 277 g/mol. The van der Waals surface area contributed by atoms with Crippen LogP contribution in [0.5, 0.6) is 0 Å². The number of hydrogen-bond donors (Lipinski definition) is 1. The normalized spacial score (nSPS) is 24.0. The first kappa shape index (κ1) is 14.9. The van der Waals surface area contributed by atoms with Gasteiger partial charge in [-0.15, -0.1) is 0 Å². The molecule has 1 aromatic rings. The molecule has 2 unspecified atom stereocenters. The zero-order chi connectivity index (χ0) is 14.7. The predicted molar refractivity (Wildman–Crippen MR) is 79.5 cm³/mol. The number of likely N-dealkylation sites (tertiary alicyclic amines) is 1. The zero-order valence-corrected chi connectivity index (χ0v) is 12.2. The van der Waals surface area contributed by atoms with Gasteiger partial charge in [-0.25, -0.2) is 0 Å². The Morgan fingerprint density at radius 3 is 2.85 bits per heavy atom. The molecule has 0 amide bonds. The molecule has 2 N–H and O–H groups in total. The maximum Gasteiger partial charge on any atom is 0.269 e. The number of hydrogen-bond acceptors (Lipinski definition) is 4. The van der Waals surface area contributed by atoms with Crippen LogP contribution in [-0.2, 0) is 0 Å². The van der Waals surface area contributed by atoms with E-state index in [0.717, 1.165) is 24.9 Å². The smallest absolute Gasteiger partial charge is 0.269 e. The SMILES string of the molecule is CC(C)N1CCCC(CN)C1c1cccc([N+](=O)[O-])c1. The first-order valence-electron chi connectivity index (χ1n) is 7.24. The van der Waals surface area contributed by atoms with Crippen molar-refractivity contribution in [1.82, 2.24) is 4.90 Å². The predicted octanol–water partition coefficient (Wildman–Crippen LogP) is 2.72. The van der Waals surface area contributed by atoms with Gasteiger partial charge in [0.05, 0.1) is 4.92 Å². The summed E-state index contributed by atoms with van der Waals surface area (Å²) in [4.78, 5) is 13.1. The third-order valence-corrected chi connectivity index (χ3v) is 4.18. The number of nitrogens with two attached hydrogens (primary N) is 1. The Morgan fingerprint density at radius 1 is 1.50 bits per heavy atom. The van der Waals surface area contributed by atoms with Crippen molar-refractivity contribution in [2.75, 3.05) is 13.1 Å². The van der Waals surface area contributed by atoms with E-state index in [9.17, 15) is 10.1 Å².